The number of hydrogen-bond donors (Lipinski definition) is 2. The number of benzene rings is 1. The summed E-state index contributed by atoms with van der Waals surface area (Å²) in [5.41, 5.74) is 3.63. The summed E-state index contributed by atoms with van der Waals surface area (Å²) in [6.07, 6.45) is 3.85. The quantitative estimate of drug-likeness (QED) is 0.720. The van der Waals surface area contributed by atoms with Gasteiger partial charge in [0, 0.05) is 7.05 Å². The summed E-state index contributed by atoms with van der Waals surface area (Å²) in [6, 6.07) is 8.25. The van der Waals surface area contributed by atoms with Gasteiger partial charge in [0.15, 0.2) is 11.5 Å². The number of carbonyl (C=O) groups excluding carboxylic acids is 1. The van der Waals surface area contributed by atoms with E-state index in [1.807, 2.05) is 7.05 Å². The first kappa shape index (κ1) is 16.9. The zero-order valence-corrected chi connectivity index (χ0v) is 14.7. The minimum Gasteiger partial charge on any atom is -0.348 e. The maximum absolute atomic E-state index is 12.5. The van der Waals surface area contributed by atoms with Crippen LogP contribution in [0.3, 0.4) is 0 Å². The van der Waals surface area contributed by atoms with E-state index in [0.717, 1.165) is 17.5 Å². The molecule has 1 amide bonds. The Kier molecular flexibility index (Phi) is 4.92. The maximum atomic E-state index is 12.5. The lowest BCUT2D eigenvalue weighted by molar-refractivity contribution is -0.120. The van der Waals surface area contributed by atoms with Crippen LogP contribution in [0.1, 0.15) is 30.5 Å². The Morgan fingerprint density at radius 3 is 2.72 bits per heavy atom. The molecular formula is C18H22N6O. The number of carbonyl (C=O) groups is 1. The van der Waals surface area contributed by atoms with Gasteiger partial charge >= 0.3 is 0 Å². The molecule has 0 aliphatic rings. The number of anilines is 1. The van der Waals surface area contributed by atoms with Crippen LogP contribution in [0, 0.1) is 6.92 Å². The van der Waals surface area contributed by atoms with Crippen molar-refractivity contribution in [2.45, 2.75) is 26.3 Å². The highest BCUT2D eigenvalue weighted by molar-refractivity contribution is 5.87. The standard InChI is InChI=1S/C18H22N6O/c1-4-14(13-7-5-12(2)6-8-13)23-15(25)9-24(3)18-16-17(20-10-19-16)21-11-22-18/h5-8,10-11,14H,4,9H2,1-3H3,(H,23,25)(H,19,20,21,22)/t14-/m1/s1. The van der Waals surface area contributed by atoms with Crippen molar-refractivity contribution in [1.29, 1.82) is 0 Å². The third kappa shape index (κ3) is 3.76. The molecule has 0 saturated heterocycles. The SMILES string of the molecule is CC[C@@H](NC(=O)CN(C)c1ncnc2nc[nH]c12)c1ccc(C)cc1. The highest BCUT2D eigenvalue weighted by Crippen LogP contribution is 2.19. The lowest BCUT2D eigenvalue weighted by atomic mass is 10.0. The number of aromatic amines is 1. The molecule has 2 N–H and O–H groups in total. The van der Waals surface area contributed by atoms with Crippen molar-refractivity contribution in [3.63, 3.8) is 0 Å². The Balaban J connectivity index is 1.68. The molecule has 0 fully saturated rings. The topological polar surface area (TPSA) is 86.8 Å². The van der Waals surface area contributed by atoms with Gasteiger partial charge in [0.2, 0.25) is 5.91 Å². The van der Waals surface area contributed by atoms with Crippen LogP contribution >= 0.6 is 0 Å². The van der Waals surface area contributed by atoms with E-state index in [9.17, 15) is 4.79 Å². The van der Waals surface area contributed by atoms with E-state index in [1.54, 1.807) is 11.2 Å². The highest BCUT2D eigenvalue weighted by atomic mass is 16.2. The number of aromatic nitrogens is 4. The third-order valence-electron chi connectivity index (χ3n) is 4.17. The summed E-state index contributed by atoms with van der Waals surface area (Å²) >= 11 is 0. The summed E-state index contributed by atoms with van der Waals surface area (Å²) in [5.74, 6) is 0.599. The fourth-order valence-corrected chi connectivity index (χ4v) is 2.79. The van der Waals surface area contributed by atoms with E-state index in [1.165, 1.54) is 11.9 Å². The number of nitrogens with one attached hydrogen (secondary N) is 2. The molecule has 1 aromatic carbocycles. The van der Waals surface area contributed by atoms with E-state index in [4.69, 9.17) is 0 Å². The normalized spacial score (nSPS) is 12.1. The minimum absolute atomic E-state index is 0.000859. The van der Waals surface area contributed by atoms with Crippen LogP contribution in [0.25, 0.3) is 11.2 Å². The number of H-pyrrole nitrogens is 1. The fourth-order valence-electron chi connectivity index (χ4n) is 2.79. The number of rotatable bonds is 6. The summed E-state index contributed by atoms with van der Waals surface area (Å²) < 4.78 is 0. The van der Waals surface area contributed by atoms with Crippen LogP contribution in [-0.2, 0) is 4.79 Å². The Hall–Kier alpha value is -2.96. The van der Waals surface area contributed by atoms with Gasteiger partial charge in [-0.3, -0.25) is 4.79 Å². The van der Waals surface area contributed by atoms with E-state index in [2.05, 4.69) is 63.4 Å². The number of fused-ring (bicyclic) bond motifs is 1. The number of aryl methyl sites for hydroxylation is 1. The van der Waals surface area contributed by atoms with Crippen molar-refractivity contribution < 1.29 is 4.79 Å². The Labute approximate surface area is 146 Å². The summed E-state index contributed by atoms with van der Waals surface area (Å²) in [6.45, 7) is 4.32. The molecule has 0 bridgehead atoms. The highest BCUT2D eigenvalue weighted by Gasteiger charge is 2.17. The van der Waals surface area contributed by atoms with Gasteiger partial charge in [-0.25, -0.2) is 15.0 Å². The number of amides is 1. The molecule has 2 heterocycles. The van der Waals surface area contributed by atoms with Crippen molar-refractivity contribution in [1.82, 2.24) is 25.3 Å². The first-order valence-electron chi connectivity index (χ1n) is 8.29. The van der Waals surface area contributed by atoms with Crippen LogP contribution in [0.5, 0.6) is 0 Å². The molecule has 2 aromatic heterocycles. The van der Waals surface area contributed by atoms with Gasteiger partial charge in [0.1, 0.15) is 11.8 Å². The Morgan fingerprint density at radius 2 is 2.00 bits per heavy atom. The summed E-state index contributed by atoms with van der Waals surface area (Å²) in [4.78, 5) is 29.8. The average Bonchev–Trinajstić information content (AvgIpc) is 3.09. The molecular weight excluding hydrogens is 316 g/mol. The predicted molar refractivity (Wildman–Crippen MR) is 97.3 cm³/mol. The molecule has 0 aliphatic heterocycles. The van der Waals surface area contributed by atoms with E-state index in [0.29, 0.717) is 11.5 Å². The van der Waals surface area contributed by atoms with Gasteiger partial charge < -0.3 is 15.2 Å². The van der Waals surface area contributed by atoms with Crippen molar-refractivity contribution in [3.8, 4) is 0 Å². The number of imidazole rings is 1. The van der Waals surface area contributed by atoms with Crippen molar-refractivity contribution in [3.05, 3.63) is 48.0 Å². The molecule has 1 atom stereocenters. The van der Waals surface area contributed by atoms with Crippen LogP contribution in [-0.4, -0.2) is 39.4 Å². The van der Waals surface area contributed by atoms with Gasteiger partial charge in [-0.2, -0.15) is 0 Å². The van der Waals surface area contributed by atoms with Crippen LogP contribution in [0.15, 0.2) is 36.9 Å². The molecule has 0 saturated carbocycles. The van der Waals surface area contributed by atoms with Gasteiger partial charge in [-0.05, 0) is 18.9 Å². The largest absolute Gasteiger partial charge is 0.348 e. The van der Waals surface area contributed by atoms with Gasteiger partial charge in [-0.15, -0.1) is 0 Å². The van der Waals surface area contributed by atoms with E-state index < -0.39 is 0 Å². The van der Waals surface area contributed by atoms with E-state index >= 15 is 0 Å². The Bertz CT molecular complexity index is 857. The summed E-state index contributed by atoms with van der Waals surface area (Å²) in [7, 11) is 1.83. The van der Waals surface area contributed by atoms with Crippen LogP contribution < -0.4 is 10.2 Å². The second kappa shape index (κ2) is 7.29. The molecule has 0 aliphatic carbocycles. The second-order valence-corrected chi connectivity index (χ2v) is 6.09. The molecule has 130 valence electrons. The first-order chi connectivity index (χ1) is 12.1. The number of hydrogen-bond acceptors (Lipinski definition) is 5. The summed E-state index contributed by atoms with van der Waals surface area (Å²) in [5, 5.41) is 3.10. The number of nitrogens with zero attached hydrogens (tertiary/aromatic N) is 4. The van der Waals surface area contributed by atoms with Crippen molar-refractivity contribution >= 4 is 22.9 Å². The lowest BCUT2D eigenvalue weighted by Gasteiger charge is -2.21. The number of likely N-dealkylation sites (N-methyl/N-ethyl adjacent to an activating group) is 1. The van der Waals surface area contributed by atoms with Crippen molar-refractivity contribution in [2.24, 2.45) is 0 Å². The van der Waals surface area contributed by atoms with Gasteiger partial charge in [0.05, 0.1) is 18.9 Å². The monoisotopic (exact) mass is 338 g/mol. The fraction of sp³-hybridized carbons (Fsp3) is 0.333. The molecule has 7 nitrogen and oxygen atoms in total. The van der Waals surface area contributed by atoms with Crippen LogP contribution in [0.4, 0.5) is 5.82 Å². The maximum Gasteiger partial charge on any atom is 0.240 e. The molecule has 0 unspecified atom stereocenters. The molecule has 25 heavy (non-hydrogen) atoms. The molecule has 0 spiro atoms. The lowest BCUT2D eigenvalue weighted by Crippen LogP contribution is -2.37. The zero-order valence-electron chi connectivity index (χ0n) is 14.7. The third-order valence-corrected chi connectivity index (χ3v) is 4.17. The van der Waals surface area contributed by atoms with Gasteiger partial charge in [-0.1, -0.05) is 36.8 Å². The van der Waals surface area contributed by atoms with Crippen LogP contribution in [0.2, 0.25) is 0 Å². The van der Waals surface area contributed by atoms with Gasteiger partial charge in [0.25, 0.3) is 0 Å². The predicted octanol–water partition coefficient (Wildman–Crippen LogP) is 2.37. The second-order valence-electron chi connectivity index (χ2n) is 6.09. The minimum atomic E-state index is -0.0544. The zero-order chi connectivity index (χ0) is 17.8. The van der Waals surface area contributed by atoms with E-state index in [-0.39, 0.29) is 18.5 Å². The van der Waals surface area contributed by atoms with Crippen molar-refractivity contribution in [2.75, 3.05) is 18.5 Å². The smallest absolute Gasteiger partial charge is 0.240 e. The molecule has 3 aromatic rings. The molecule has 7 heteroatoms. The average molecular weight is 338 g/mol. The molecule has 0 radical (unpaired) electrons. The Morgan fingerprint density at radius 1 is 1.24 bits per heavy atom. The molecule has 3 rings (SSSR count). The first-order valence-corrected chi connectivity index (χ1v) is 8.29.